The summed E-state index contributed by atoms with van der Waals surface area (Å²) < 4.78 is 20.4. The summed E-state index contributed by atoms with van der Waals surface area (Å²) in [6, 6.07) is 4.34. The molecular formula is C16H21FN2O2. The van der Waals surface area contributed by atoms with Crippen LogP contribution >= 0.6 is 0 Å². The fraction of sp³-hybridized carbons (Fsp3) is 0.562. The van der Waals surface area contributed by atoms with Gasteiger partial charge < -0.3 is 15.8 Å². The van der Waals surface area contributed by atoms with E-state index in [2.05, 4.69) is 5.32 Å². The number of benzene rings is 1. The smallest absolute Gasteiger partial charge is 0.248 e. The summed E-state index contributed by atoms with van der Waals surface area (Å²) in [6.07, 6.45) is 3.13. The third-order valence-electron chi connectivity index (χ3n) is 5.11. The van der Waals surface area contributed by atoms with Crippen molar-refractivity contribution in [2.75, 3.05) is 20.2 Å². The lowest BCUT2D eigenvalue weighted by atomic mass is 9.62. The number of rotatable bonds is 3. The zero-order valence-electron chi connectivity index (χ0n) is 12.2. The third-order valence-corrected chi connectivity index (χ3v) is 5.11. The summed E-state index contributed by atoms with van der Waals surface area (Å²) in [7, 11) is 1.65. The van der Waals surface area contributed by atoms with Crippen LogP contribution in [0.25, 0.3) is 0 Å². The molecule has 114 valence electrons. The molecule has 3 rings (SSSR count). The Morgan fingerprint density at radius 3 is 2.62 bits per heavy atom. The summed E-state index contributed by atoms with van der Waals surface area (Å²) in [5, 5.41) is 3.41. The van der Waals surface area contributed by atoms with E-state index in [1.165, 1.54) is 12.1 Å². The Balaban J connectivity index is 2.14. The molecule has 2 aliphatic rings. The molecule has 1 aromatic carbocycles. The molecule has 21 heavy (non-hydrogen) atoms. The summed E-state index contributed by atoms with van der Waals surface area (Å²) in [5.41, 5.74) is 5.51. The molecule has 2 unspecified atom stereocenters. The molecule has 1 amide bonds. The van der Waals surface area contributed by atoms with Crippen LogP contribution in [0.1, 0.15) is 35.2 Å². The second kappa shape index (κ2) is 5.39. The van der Waals surface area contributed by atoms with E-state index in [-0.39, 0.29) is 17.7 Å². The van der Waals surface area contributed by atoms with Gasteiger partial charge in [0.25, 0.3) is 0 Å². The van der Waals surface area contributed by atoms with Crippen molar-refractivity contribution in [3.63, 3.8) is 0 Å². The molecule has 1 heterocycles. The van der Waals surface area contributed by atoms with Gasteiger partial charge in [0.15, 0.2) is 0 Å². The van der Waals surface area contributed by atoms with E-state index < -0.39 is 11.5 Å². The predicted molar refractivity (Wildman–Crippen MR) is 77.3 cm³/mol. The van der Waals surface area contributed by atoms with Crippen molar-refractivity contribution in [2.24, 2.45) is 17.6 Å². The van der Waals surface area contributed by atoms with E-state index in [0.29, 0.717) is 11.1 Å². The highest BCUT2D eigenvalue weighted by Crippen LogP contribution is 2.50. The van der Waals surface area contributed by atoms with E-state index in [9.17, 15) is 9.18 Å². The summed E-state index contributed by atoms with van der Waals surface area (Å²) in [6.45, 7) is 1.62. The van der Waals surface area contributed by atoms with Crippen LogP contribution < -0.4 is 11.1 Å². The zero-order valence-corrected chi connectivity index (χ0v) is 12.2. The number of amides is 1. The maximum atomic E-state index is 14.5. The van der Waals surface area contributed by atoms with Gasteiger partial charge in [-0.1, -0.05) is 6.42 Å². The number of hydrogen-bond donors (Lipinski definition) is 2. The predicted octanol–water partition coefficient (Wildman–Crippen LogP) is 1.79. The van der Waals surface area contributed by atoms with Crippen LogP contribution in [-0.2, 0) is 10.3 Å². The van der Waals surface area contributed by atoms with Gasteiger partial charge in [-0.2, -0.15) is 0 Å². The first-order valence-electron chi connectivity index (χ1n) is 7.45. The van der Waals surface area contributed by atoms with Gasteiger partial charge in [-0.3, -0.25) is 4.79 Å². The highest BCUT2D eigenvalue weighted by molar-refractivity contribution is 5.93. The fourth-order valence-corrected chi connectivity index (χ4v) is 4.17. The Labute approximate surface area is 123 Å². The van der Waals surface area contributed by atoms with E-state index >= 15 is 0 Å². The van der Waals surface area contributed by atoms with Gasteiger partial charge >= 0.3 is 0 Å². The second-order valence-corrected chi connectivity index (χ2v) is 6.04. The SMILES string of the molecule is COC1(c2cc(C(N)=O)ccc2F)C2CCCC1CNC2. The molecular weight excluding hydrogens is 271 g/mol. The quantitative estimate of drug-likeness (QED) is 0.892. The van der Waals surface area contributed by atoms with Crippen LogP contribution in [0, 0.1) is 17.7 Å². The highest BCUT2D eigenvalue weighted by Gasteiger charge is 2.52. The molecule has 2 atom stereocenters. The number of ether oxygens (including phenoxy) is 1. The topological polar surface area (TPSA) is 64.3 Å². The molecule has 1 aliphatic heterocycles. The van der Waals surface area contributed by atoms with Gasteiger partial charge in [-0.15, -0.1) is 0 Å². The van der Waals surface area contributed by atoms with Crippen molar-refractivity contribution in [3.8, 4) is 0 Å². The normalized spacial score (nSPS) is 31.9. The first-order chi connectivity index (χ1) is 10.1. The molecule has 1 saturated carbocycles. The fourth-order valence-electron chi connectivity index (χ4n) is 4.17. The molecule has 1 aliphatic carbocycles. The Hall–Kier alpha value is -1.46. The van der Waals surface area contributed by atoms with Gasteiger partial charge in [0.2, 0.25) is 5.91 Å². The highest BCUT2D eigenvalue weighted by atomic mass is 19.1. The van der Waals surface area contributed by atoms with Crippen LogP contribution in [0.2, 0.25) is 0 Å². The monoisotopic (exact) mass is 292 g/mol. The molecule has 3 N–H and O–H groups in total. The number of carbonyl (C=O) groups excluding carboxylic acids is 1. The van der Waals surface area contributed by atoms with Crippen molar-refractivity contribution in [2.45, 2.75) is 24.9 Å². The zero-order chi connectivity index (χ0) is 15.0. The molecule has 5 heteroatoms. The van der Waals surface area contributed by atoms with Crippen molar-refractivity contribution in [1.82, 2.24) is 5.32 Å². The van der Waals surface area contributed by atoms with Crippen molar-refractivity contribution < 1.29 is 13.9 Å². The number of primary amides is 1. The van der Waals surface area contributed by atoms with Crippen molar-refractivity contribution >= 4 is 5.91 Å². The van der Waals surface area contributed by atoms with E-state index in [1.54, 1.807) is 13.2 Å². The van der Waals surface area contributed by atoms with Crippen LogP contribution in [0.5, 0.6) is 0 Å². The number of hydrogen-bond acceptors (Lipinski definition) is 3. The van der Waals surface area contributed by atoms with Gasteiger partial charge in [0.05, 0.1) is 0 Å². The molecule has 0 aromatic heterocycles. The molecule has 2 bridgehead atoms. The Morgan fingerprint density at radius 2 is 2.05 bits per heavy atom. The lowest BCUT2D eigenvalue weighted by Gasteiger charge is -2.52. The molecule has 0 radical (unpaired) electrons. The standard InChI is InChI=1S/C16H21FN2O2/c1-21-16(11-3-2-4-12(16)9-19-8-11)13-7-10(15(18)20)5-6-14(13)17/h5-7,11-12,19H,2-4,8-9H2,1H3,(H2,18,20). The first-order valence-corrected chi connectivity index (χ1v) is 7.45. The number of nitrogens with one attached hydrogen (secondary N) is 1. The lowest BCUT2D eigenvalue weighted by Crippen LogP contribution is -2.58. The molecule has 1 aromatic rings. The van der Waals surface area contributed by atoms with Crippen LogP contribution in [0.3, 0.4) is 0 Å². The van der Waals surface area contributed by atoms with E-state index in [4.69, 9.17) is 10.5 Å². The number of nitrogens with two attached hydrogens (primary N) is 1. The Bertz CT molecular complexity index is 539. The second-order valence-electron chi connectivity index (χ2n) is 6.04. The van der Waals surface area contributed by atoms with Gasteiger partial charge in [0.1, 0.15) is 11.4 Å². The van der Waals surface area contributed by atoms with Gasteiger partial charge in [0, 0.05) is 43.2 Å². The van der Waals surface area contributed by atoms with Crippen LogP contribution in [-0.4, -0.2) is 26.1 Å². The molecule has 2 fully saturated rings. The van der Waals surface area contributed by atoms with Gasteiger partial charge in [-0.05, 0) is 31.0 Å². The summed E-state index contributed by atoms with van der Waals surface area (Å²) in [4.78, 5) is 11.4. The molecule has 1 saturated heterocycles. The Kier molecular flexibility index (Phi) is 3.71. The van der Waals surface area contributed by atoms with Crippen LogP contribution in [0.4, 0.5) is 4.39 Å². The van der Waals surface area contributed by atoms with Crippen LogP contribution in [0.15, 0.2) is 18.2 Å². The van der Waals surface area contributed by atoms with E-state index in [1.807, 2.05) is 0 Å². The minimum atomic E-state index is -0.654. The lowest BCUT2D eigenvalue weighted by molar-refractivity contribution is -0.146. The minimum Gasteiger partial charge on any atom is -0.373 e. The average molecular weight is 292 g/mol. The first kappa shape index (κ1) is 14.5. The largest absolute Gasteiger partial charge is 0.373 e. The number of piperidine rings is 1. The minimum absolute atomic E-state index is 0.215. The maximum Gasteiger partial charge on any atom is 0.248 e. The maximum absolute atomic E-state index is 14.5. The number of halogens is 1. The van der Waals surface area contributed by atoms with E-state index in [0.717, 1.165) is 32.4 Å². The Morgan fingerprint density at radius 1 is 1.38 bits per heavy atom. The average Bonchev–Trinajstić information content (AvgIpc) is 2.46. The third kappa shape index (κ3) is 2.15. The number of fused-ring (bicyclic) bond motifs is 2. The van der Waals surface area contributed by atoms with Crippen molar-refractivity contribution in [3.05, 3.63) is 35.1 Å². The summed E-state index contributed by atoms with van der Waals surface area (Å²) >= 11 is 0. The number of methoxy groups -OCH3 is 1. The summed E-state index contributed by atoms with van der Waals surface area (Å²) in [5.74, 6) is -0.428. The molecule has 4 nitrogen and oxygen atoms in total. The van der Waals surface area contributed by atoms with Crippen molar-refractivity contribution in [1.29, 1.82) is 0 Å². The van der Waals surface area contributed by atoms with Gasteiger partial charge in [-0.25, -0.2) is 4.39 Å². The number of carbonyl (C=O) groups is 1. The molecule has 0 spiro atoms.